The number of fused-ring (bicyclic) bond motifs is 1. The van der Waals surface area contributed by atoms with Gasteiger partial charge in [-0.05, 0) is 54.8 Å². The Morgan fingerprint density at radius 1 is 0.943 bits per heavy atom. The Bertz CT molecular complexity index is 1160. The van der Waals surface area contributed by atoms with Crippen molar-refractivity contribution in [1.29, 1.82) is 0 Å². The van der Waals surface area contributed by atoms with Gasteiger partial charge in [0.25, 0.3) is 5.91 Å². The van der Waals surface area contributed by atoms with Crippen LogP contribution in [0.25, 0.3) is 0 Å². The Hall–Kier alpha value is -3.78. The maximum atomic E-state index is 12.7. The van der Waals surface area contributed by atoms with Gasteiger partial charge in [-0.1, -0.05) is 12.1 Å². The largest absolute Gasteiger partial charge is 0.486 e. The van der Waals surface area contributed by atoms with Crippen LogP contribution in [-0.2, 0) is 17.9 Å². The summed E-state index contributed by atoms with van der Waals surface area (Å²) < 4.78 is 16.7. The van der Waals surface area contributed by atoms with Crippen molar-refractivity contribution >= 4 is 17.5 Å². The van der Waals surface area contributed by atoms with Crippen molar-refractivity contribution in [2.24, 2.45) is 0 Å². The van der Waals surface area contributed by atoms with Crippen LogP contribution in [0, 0.1) is 0 Å². The SMILES string of the molecule is O=C(CCN(Cc1ccc(C(=O)NC2CC2)cc1)Cc1ccco1)Nc1ccc2c(c1)OCCO2. The van der Waals surface area contributed by atoms with E-state index in [1.165, 1.54) is 0 Å². The van der Waals surface area contributed by atoms with E-state index in [-0.39, 0.29) is 11.8 Å². The predicted octanol–water partition coefficient (Wildman–Crippen LogP) is 3.97. The lowest BCUT2D eigenvalue weighted by Crippen LogP contribution is -2.27. The van der Waals surface area contributed by atoms with Crippen LogP contribution in [-0.4, -0.2) is 42.5 Å². The highest BCUT2D eigenvalue weighted by Crippen LogP contribution is 2.32. The van der Waals surface area contributed by atoms with Crippen LogP contribution in [0.5, 0.6) is 11.5 Å². The molecule has 0 unspecified atom stereocenters. The van der Waals surface area contributed by atoms with E-state index < -0.39 is 0 Å². The number of amides is 2. The summed E-state index contributed by atoms with van der Waals surface area (Å²) in [6.07, 6.45) is 4.09. The molecule has 1 aromatic heterocycles. The van der Waals surface area contributed by atoms with Crippen molar-refractivity contribution in [2.45, 2.75) is 38.4 Å². The average Bonchev–Trinajstić information content (AvgIpc) is 3.54. The molecule has 0 spiro atoms. The van der Waals surface area contributed by atoms with Gasteiger partial charge in [0.05, 0.1) is 12.8 Å². The second-order valence-corrected chi connectivity index (χ2v) is 8.89. The fourth-order valence-corrected chi connectivity index (χ4v) is 3.96. The Morgan fingerprint density at radius 2 is 1.74 bits per heavy atom. The number of nitrogens with zero attached hydrogens (tertiary/aromatic N) is 1. The van der Waals surface area contributed by atoms with Gasteiger partial charge in [-0.25, -0.2) is 0 Å². The fourth-order valence-electron chi connectivity index (χ4n) is 3.96. The number of furan rings is 1. The van der Waals surface area contributed by atoms with Crippen LogP contribution in [0.15, 0.2) is 65.3 Å². The van der Waals surface area contributed by atoms with E-state index in [4.69, 9.17) is 13.9 Å². The van der Waals surface area contributed by atoms with E-state index in [1.807, 2.05) is 48.5 Å². The van der Waals surface area contributed by atoms with Gasteiger partial charge in [-0.3, -0.25) is 14.5 Å². The molecular weight excluding hydrogens is 446 g/mol. The molecule has 2 amide bonds. The van der Waals surface area contributed by atoms with Crippen LogP contribution in [0.1, 0.15) is 40.9 Å². The number of rotatable bonds is 10. The van der Waals surface area contributed by atoms with Crippen LogP contribution in [0.4, 0.5) is 5.69 Å². The molecule has 1 aliphatic carbocycles. The molecule has 5 rings (SSSR count). The zero-order valence-electron chi connectivity index (χ0n) is 19.5. The zero-order valence-corrected chi connectivity index (χ0v) is 19.5. The molecule has 2 aromatic carbocycles. The maximum absolute atomic E-state index is 12.7. The summed E-state index contributed by atoms with van der Waals surface area (Å²) in [5.41, 5.74) is 2.40. The molecule has 1 fully saturated rings. The summed E-state index contributed by atoms with van der Waals surface area (Å²) in [5.74, 6) is 2.05. The van der Waals surface area contributed by atoms with Gasteiger partial charge in [0, 0.05) is 42.9 Å². The van der Waals surface area contributed by atoms with Crippen LogP contribution >= 0.6 is 0 Å². The first-order valence-corrected chi connectivity index (χ1v) is 12.0. The van der Waals surface area contributed by atoms with Crippen LogP contribution < -0.4 is 20.1 Å². The van der Waals surface area contributed by atoms with Crippen molar-refractivity contribution in [1.82, 2.24) is 10.2 Å². The zero-order chi connectivity index (χ0) is 24.0. The van der Waals surface area contributed by atoms with Crippen molar-refractivity contribution in [3.63, 3.8) is 0 Å². The Kier molecular flexibility index (Phi) is 6.99. The van der Waals surface area contributed by atoms with E-state index in [0.29, 0.717) is 68.1 Å². The second-order valence-electron chi connectivity index (χ2n) is 8.89. The fraction of sp³-hybridized carbons (Fsp3) is 0.333. The number of nitrogens with one attached hydrogen (secondary N) is 2. The van der Waals surface area contributed by atoms with E-state index in [2.05, 4.69) is 15.5 Å². The second kappa shape index (κ2) is 10.7. The molecule has 0 radical (unpaired) electrons. The minimum absolute atomic E-state index is 0.0256. The molecule has 8 nitrogen and oxygen atoms in total. The normalized spacial score (nSPS) is 14.5. The minimum Gasteiger partial charge on any atom is -0.486 e. The highest BCUT2D eigenvalue weighted by molar-refractivity contribution is 5.94. The summed E-state index contributed by atoms with van der Waals surface area (Å²) in [5, 5.41) is 5.95. The third kappa shape index (κ3) is 6.42. The van der Waals surface area contributed by atoms with E-state index >= 15 is 0 Å². The molecule has 35 heavy (non-hydrogen) atoms. The molecule has 3 aromatic rings. The molecule has 1 saturated carbocycles. The number of carbonyl (C=O) groups excluding carboxylic acids is 2. The molecule has 0 bridgehead atoms. The van der Waals surface area contributed by atoms with Crippen molar-refractivity contribution in [2.75, 3.05) is 25.1 Å². The number of carbonyl (C=O) groups is 2. The average molecular weight is 476 g/mol. The first kappa shape index (κ1) is 23.0. The highest BCUT2D eigenvalue weighted by atomic mass is 16.6. The molecular formula is C27H29N3O5. The summed E-state index contributed by atoms with van der Waals surface area (Å²) in [6.45, 7) is 2.77. The van der Waals surface area contributed by atoms with Gasteiger partial charge in [0.15, 0.2) is 11.5 Å². The third-order valence-electron chi connectivity index (χ3n) is 5.98. The van der Waals surface area contributed by atoms with Gasteiger partial charge < -0.3 is 24.5 Å². The number of ether oxygens (including phenoxy) is 2. The van der Waals surface area contributed by atoms with Crippen LogP contribution in [0.3, 0.4) is 0 Å². The quantitative estimate of drug-likeness (QED) is 0.461. The molecule has 2 N–H and O–H groups in total. The summed E-state index contributed by atoms with van der Waals surface area (Å²) in [7, 11) is 0. The smallest absolute Gasteiger partial charge is 0.251 e. The topological polar surface area (TPSA) is 93.0 Å². The van der Waals surface area contributed by atoms with E-state index in [9.17, 15) is 9.59 Å². The lowest BCUT2D eigenvalue weighted by molar-refractivity contribution is -0.116. The van der Waals surface area contributed by atoms with Gasteiger partial charge in [-0.2, -0.15) is 0 Å². The minimum atomic E-state index is -0.0850. The predicted molar refractivity (Wildman–Crippen MR) is 130 cm³/mol. The number of anilines is 1. The third-order valence-corrected chi connectivity index (χ3v) is 5.98. The lowest BCUT2D eigenvalue weighted by atomic mass is 10.1. The van der Waals surface area contributed by atoms with Gasteiger partial charge >= 0.3 is 0 Å². The van der Waals surface area contributed by atoms with Crippen molar-refractivity contribution < 1.29 is 23.5 Å². The lowest BCUT2D eigenvalue weighted by Gasteiger charge is -2.22. The van der Waals surface area contributed by atoms with Crippen molar-refractivity contribution in [3.8, 4) is 11.5 Å². The van der Waals surface area contributed by atoms with E-state index in [1.54, 1.807) is 12.3 Å². The summed E-state index contributed by atoms with van der Waals surface area (Å²) in [6, 6.07) is 17.2. The standard InChI is InChI=1S/C27H29N3O5/c31-26(28-22-9-10-24-25(16-22)35-15-14-34-24)11-12-30(18-23-2-1-13-33-23)17-19-3-5-20(6-4-19)27(32)29-21-7-8-21/h1-6,9-10,13,16,21H,7-8,11-12,14-15,17-18H2,(H,28,31)(H,29,32). The molecule has 0 atom stereocenters. The van der Waals surface area contributed by atoms with Crippen LogP contribution in [0.2, 0.25) is 0 Å². The maximum Gasteiger partial charge on any atom is 0.251 e. The van der Waals surface area contributed by atoms with Gasteiger partial charge in [0.2, 0.25) is 5.91 Å². The molecule has 182 valence electrons. The summed E-state index contributed by atoms with van der Waals surface area (Å²) in [4.78, 5) is 27.1. The molecule has 1 aliphatic heterocycles. The van der Waals surface area contributed by atoms with Gasteiger partial charge in [0.1, 0.15) is 19.0 Å². The first-order chi connectivity index (χ1) is 17.1. The Balaban J connectivity index is 1.18. The Labute approximate surface area is 204 Å². The van der Waals surface area contributed by atoms with Gasteiger partial charge in [-0.15, -0.1) is 0 Å². The first-order valence-electron chi connectivity index (χ1n) is 12.0. The molecule has 8 heteroatoms. The van der Waals surface area contributed by atoms with E-state index in [0.717, 1.165) is 24.2 Å². The highest BCUT2D eigenvalue weighted by Gasteiger charge is 2.23. The Morgan fingerprint density at radius 3 is 2.49 bits per heavy atom. The molecule has 2 heterocycles. The number of benzene rings is 2. The molecule has 2 aliphatic rings. The summed E-state index contributed by atoms with van der Waals surface area (Å²) >= 11 is 0. The molecule has 0 saturated heterocycles. The van der Waals surface area contributed by atoms with Crippen molar-refractivity contribution in [3.05, 3.63) is 77.7 Å². The number of hydrogen-bond donors (Lipinski definition) is 2. The monoisotopic (exact) mass is 475 g/mol. The number of hydrogen-bond acceptors (Lipinski definition) is 6.